The number of hydrogen-bond donors (Lipinski definition) is 0. The molecule has 2 aromatic rings. The zero-order valence-corrected chi connectivity index (χ0v) is 16.4. The van der Waals surface area contributed by atoms with E-state index in [1.807, 2.05) is 41.3 Å². The van der Waals surface area contributed by atoms with Gasteiger partial charge in [-0.2, -0.15) is 0 Å². The second-order valence-electron chi connectivity index (χ2n) is 7.10. The molecule has 3 rings (SSSR count). The first kappa shape index (κ1) is 19.3. The number of carbonyl (C=O) groups excluding carboxylic acids is 1. The maximum absolute atomic E-state index is 12.8. The molecule has 0 N–H and O–H groups in total. The Bertz CT molecular complexity index is 736. The van der Waals surface area contributed by atoms with Gasteiger partial charge in [-0.05, 0) is 37.9 Å². The van der Waals surface area contributed by atoms with Gasteiger partial charge in [-0.25, -0.2) is 4.98 Å². The number of amides is 1. The van der Waals surface area contributed by atoms with Crippen molar-refractivity contribution < 1.29 is 9.53 Å². The van der Waals surface area contributed by atoms with Crippen LogP contribution >= 0.6 is 0 Å². The van der Waals surface area contributed by atoms with E-state index < -0.39 is 0 Å². The van der Waals surface area contributed by atoms with Crippen molar-refractivity contribution in [3.05, 3.63) is 48.2 Å². The highest BCUT2D eigenvalue weighted by Crippen LogP contribution is 2.21. The predicted octanol–water partition coefficient (Wildman–Crippen LogP) is 2.08. The Hall–Kier alpha value is -2.44. The lowest BCUT2D eigenvalue weighted by Gasteiger charge is -2.35. The van der Waals surface area contributed by atoms with Gasteiger partial charge in [0.05, 0.1) is 7.11 Å². The van der Waals surface area contributed by atoms with E-state index in [1.54, 1.807) is 13.3 Å². The van der Waals surface area contributed by atoms with Crippen molar-refractivity contribution in [1.82, 2.24) is 19.7 Å². The van der Waals surface area contributed by atoms with Crippen LogP contribution in [0.3, 0.4) is 0 Å². The molecule has 0 bridgehead atoms. The third-order valence-electron chi connectivity index (χ3n) is 4.93. The van der Waals surface area contributed by atoms with E-state index in [1.165, 1.54) is 0 Å². The standard InChI is InChI=1S/C21H28N4O2/c1-23(2)10-11-24-12-14-25(15-13-24)21(26)18-6-4-17(5-7-18)19-8-9-20(27-3)22-16-19/h4-9,16H,10-15H2,1-3H3. The van der Waals surface area contributed by atoms with E-state index in [0.29, 0.717) is 5.88 Å². The number of benzene rings is 1. The van der Waals surface area contributed by atoms with Gasteiger partial charge in [0.15, 0.2) is 0 Å². The molecular formula is C21H28N4O2. The Kier molecular flexibility index (Phi) is 6.42. The minimum Gasteiger partial charge on any atom is -0.481 e. The van der Waals surface area contributed by atoms with Crippen molar-refractivity contribution in [1.29, 1.82) is 0 Å². The maximum atomic E-state index is 12.8. The Morgan fingerprint density at radius 3 is 2.26 bits per heavy atom. The van der Waals surface area contributed by atoms with Crippen molar-refractivity contribution >= 4 is 5.91 Å². The fourth-order valence-electron chi connectivity index (χ4n) is 3.18. The summed E-state index contributed by atoms with van der Waals surface area (Å²) in [6.45, 7) is 5.56. The SMILES string of the molecule is COc1ccc(-c2ccc(C(=O)N3CCN(CCN(C)C)CC3)cc2)cn1. The molecule has 1 aromatic carbocycles. The molecule has 1 amide bonds. The first-order valence-electron chi connectivity index (χ1n) is 9.33. The van der Waals surface area contributed by atoms with Gasteiger partial charge in [0.1, 0.15) is 0 Å². The van der Waals surface area contributed by atoms with Crippen LogP contribution in [0.4, 0.5) is 0 Å². The third-order valence-corrected chi connectivity index (χ3v) is 4.93. The summed E-state index contributed by atoms with van der Waals surface area (Å²) < 4.78 is 5.09. The molecule has 144 valence electrons. The first-order valence-corrected chi connectivity index (χ1v) is 9.33. The fourth-order valence-corrected chi connectivity index (χ4v) is 3.18. The summed E-state index contributed by atoms with van der Waals surface area (Å²) in [5.41, 5.74) is 2.78. The number of pyridine rings is 1. The summed E-state index contributed by atoms with van der Waals surface area (Å²) in [5, 5.41) is 0. The molecule has 0 aliphatic carbocycles. The second kappa shape index (κ2) is 8.97. The number of rotatable bonds is 6. The lowest BCUT2D eigenvalue weighted by Crippen LogP contribution is -2.49. The van der Waals surface area contributed by atoms with E-state index in [4.69, 9.17) is 4.74 Å². The van der Waals surface area contributed by atoms with E-state index in [-0.39, 0.29) is 5.91 Å². The molecule has 1 aliphatic rings. The molecule has 27 heavy (non-hydrogen) atoms. The van der Waals surface area contributed by atoms with Gasteiger partial charge in [-0.15, -0.1) is 0 Å². The highest BCUT2D eigenvalue weighted by atomic mass is 16.5. The Balaban J connectivity index is 1.57. The van der Waals surface area contributed by atoms with Crippen LogP contribution in [-0.2, 0) is 0 Å². The average Bonchev–Trinajstić information content (AvgIpc) is 2.72. The van der Waals surface area contributed by atoms with Crippen molar-refractivity contribution in [2.45, 2.75) is 0 Å². The minimum atomic E-state index is 0.113. The molecule has 1 aliphatic heterocycles. The molecule has 0 unspecified atom stereocenters. The van der Waals surface area contributed by atoms with Crippen molar-refractivity contribution in [3.8, 4) is 17.0 Å². The number of likely N-dealkylation sites (N-methyl/N-ethyl adjacent to an activating group) is 1. The van der Waals surface area contributed by atoms with E-state index in [2.05, 4.69) is 28.9 Å². The van der Waals surface area contributed by atoms with Gasteiger partial charge in [0.2, 0.25) is 5.88 Å². The Labute approximate surface area is 161 Å². The number of piperazine rings is 1. The quantitative estimate of drug-likeness (QED) is 0.781. The van der Waals surface area contributed by atoms with Crippen molar-refractivity contribution in [2.24, 2.45) is 0 Å². The third kappa shape index (κ3) is 5.05. The molecule has 1 aromatic heterocycles. The summed E-state index contributed by atoms with van der Waals surface area (Å²) in [4.78, 5) is 23.6. The van der Waals surface area contributed by atoms with Gasteiger partial charge < -0.3 is 14.5 Å². The van der Waals surface area contributed by atoms with Crippen molar-refractivity contribution in [3.63, 3.8) is 0 Å². The zero-order chi connectivity index (χ0) is 19.2. The second-order valence-corrected chi connectivity index (χ2v) is 7.10. The van der Waals surface area contributed by atoms with Crippen LogP contribution in [-0.4, -0.2) is 86.1 Å². The normalized spacial score (nSPS) is 15.2. The molecule has 0 spiro atoms. The molecule has 0 radical (unpaired) electrons. The number of carbonyl (C=O) groups is 1. The number of methoxy groups -OCH3 is 1. The molecule has 0 saturated carbocycles. The highest BCUT2D eigenvalue weighted by Gasteiger charge is 2.22. The topological polar surface area (TPSA) is 48.9 Å². The van der Waals surface area contributed by atoms with Crippen molar-refractivity contribution in [2.75, 3.05) is 60.5 Å². The fraction of sp³-hybridized carbons (Fsp3) is 0.429. The summed E-state index contributed by atoms with van der Waals surface area (Å²) in [5.74, 6) is 0.705. The molecule has 0 atom stereocenters. The number of ether oxygens (including phenoxy) is 1. The van der Waals surface area contributed by atoms with Gasteiger partial charge in [-0.3, -0.25) is 9.69 Å². The Morgan fingerprint density at radius 2 is 1.70 bits per heavy atom. The number of hydrogen-bond acceptors (Lipinski definition) is 5. The van der Waals surface area contributed by atoms with Crippen LogP contribution in [0, 0.1) is 0 Å². The number of aromatic nitrogens is 1. The average molecular weight is 368 g/mol. The number of nitrogens with zero attached hydrogens (tertiary/aromatic N) is 4. The lowest BCUT2D eigenvalue weighted by atomic mass is 10.0. The smallest absolute Gasteiger partial charge is 0.253 e. The summed E-state index contributed by atoms with van der Waals surface area (Å²) in [7, 11) is 5.78. The van der Waals surface area contributed by atoms with Crippen LogP contribution in [0.5, 0.6) is 5.88 Å². The van der Waals surface area contributed by atoms with E-state index in [0.717, 1.165) is 56.0 Å². The van der Waals surface area contributed by atoms with Gasteiger partial charge in [0.25, 0.3) is 5.91 Å². The first-order chi connectivity index (χ1) is 13.1. The predicted molar refractivity (Wildman–Crippen MR) is 107 cm³/mol. The minimum absolute atomic E-state index is 0.113. The van der Waals surface area contributed by atoms with Crippen LogP contribution in [0.25, 0.3) is 11.1 Å². The van der Waals surface area contributed by atoms with Crippen LogP contribution in [0.2, 0.25) is 0 Å². The molecule has 1 fully saturated rings. The summed E-state index contributed by atoms with van der Waals surface area (Å²) in [6.07, 6.45) is 1.78. The molecule has 6 nitrogen and oxygen atoms in total. The van der Waals surface area contributed by atoms with E-state index in [9.17, 15) is 4.79 Å². The molecule has 2 heterocycles. The zero-order valence-electron chi connectivity index (χ0n) is 16.4. The summed E-state index contributed by atoms with van der Waals surface area (Å²) >= 11 is 0. The summed E-state index contributed by atoms with van der Waals surface area (Å²) in [6, 6.07) is 11.6. The monoisotopic (exact) mass is 368 g/mol. The van der Waals surface area contributed by atoms with Gasteiger partial charge >= 0.3 is 0 Å². The lowest BCUT2D eigenvalue weighted by molar-refractivity contribution is 0.0630. The van der Waals surface area contributed by atoms with Gasteiger partial charge in [-0.1, -0.05) is 12.1 Å². The van der Waals surface area contributed by atoms with Crippen LogP contribution in [0.15, 0.2) is 42.6 Å². The molecular weight excluding hydrogens is 340 g/mol. The van der Waals surface area contributed by atoms with Gasteiger partial charge in [0, 0.05) is 62.7 Å². The molecule has 6 heteroatoms. The Morgan fingerprint density at radius 1 is 1.04 bits per heavy atom. The molecule has 1 saturated heterocycles. The highest BCUT2D eigenvalue weighted by molar-refractivity contribution is 5.94. The van der Waals surface area contributed by atoms with Crippen LogP contribution < -0.4 is 4.74 Å². The maximum Gasteiger partial charge on any atom is 0.253 e. The van der Waals surface area contributed by atoms with E-state index >= 15 is 0 Å². The van der Waals surface area contributed by atoms with Crippen LogP contribution in [0.1, 0.15) is 10.4 Å². The largest absolute Gasteiger partial charge is 0.481 e.